The Hall–Kier alpha value is -3.93. The smallest absolute Gasteiger partial charge is 0.323 e. The Morgan fingerprint density at radius 2 is 1.57 bits per heavy atom. The van der Waals surface area contributed by atoms with Gasteiger partial charge in [0.1, 0.15) is 5.75 Å². The fourth-order valence-electron chi connectivity index (χ4n) is 2.43. The van der Waals surface area contributed by atoms with E-state index in [4.69, 9.17) is 4.74 Å². The summed E-state index contributed by atoms with van der Waals surface area (Å²) in [4.78, 5) is 28.3. The standard InChI is InChI=1S/C22H19N3O3/c1-28-20-11-9-19(10-12-20)25-22(27)24-18-7-5-17(6-8-18)21(26)13-4-16-3-2-14-23-15-16/h2-15H,1H3,(H2,24,25,27)/b13-4+. The molecule has 1 aromatic heterocycles. The lowest BCUT2D eigenvalue weighted by Gasteiger charge is -2.08. The van der Waals surface area contributed by atoms with Crippen molar-refractivity contribution in [3.8, 4) is 5.75 Å². The third-order valence-corrected chi connectivity index (χ3v) is 3.89. The first-order chi connectivity index (χ1) is 13.6. The number of amides is 2. The maximum atomic E-state index is 12.2. The highest BCUT2D eigenvalue weighted by molar-refractivity contribution is 6.07. The van der Waals surface area contributed by atoms with Crippen LogP contribution in [0.15, 0.2) is 79.1 Å². The molecule has 1 heterocycles. The SMILES string of the molecule is COc1ccc(NC(=O)Nc2ccc(C(=O)/C=C/c3cccnc3)cc2)cc1. The van der Waals surface area contributed by atoms with Gasteiger partial charge in [-0.25, -0.2) is 4.79 Å². The average Bonchev–Trinajstić information content (AvgIpc) is 2.74. The molecule has 6 heteroatoms. The van der Waals surface area contributed by atoms with Gasteiger partial charge in [0, 0.05) is 29.3 Å². The molecule has 0 aliphatic heterocycles. The third kappa shape index (κ3) is 5.28. The number of rotatable bonds is 6. The van der Waals surface area contributed by atoms with Gasteiger partial charge >= 0.3 is 6.03 Å². The summed E-state index contributed by atoms with van der Waals surface area (Å²) in [5.41, 5.74) is 2.61. The summed E-state index contributed by atoms with van der Waals surface area (Å²) >= 11 is 0. The van der Waals surface area contributed by atoms with Crippen LogP contribution in [0, 0.1) is 0 Å². The Morgan fingerprint density at radius 1 is 0.929 bits per heavy atom. The van der Waals surface area contributed by atoms with Crippen LogP contribution in [-0.4, -0.2) is 23.9 Å². The summed E-state index contributed by atoms with van der Waals surface area (Å²) in [7, 11) is 1.58. The molecule has 0 bridgehead atoms. The lowest BCUT2D eigenvalue weighted by molar-refractivity contribution is 0.104. The number of aromatic nitrogens is 1. The van der Waals surface area contributed by atoms with Gasteiger partial charge in [0.2, 0.25) is 0 Å². The number of methoxy groups -OCH3 is 1. The zero-order chi connectivity index (χ0) is 19.8. The number of ketones is 1. The molecule has 2 N–H and O–H groups in total. The molecular weight excluding hydrogens is 354 g/mol. The number of nitrogens with zero attached hydrogens (tertiary/aromatic N) is 1. The van der Waals surface area contributed by atoms with Crippen LogP contribution in [0.3, 0.4) is 0 Å². The van der Waals surface area contributed by atoms with Gasteiger partial charge in [-0.1, -0.05) is 6.07 Å². The second-order valence-corrected chi connectivity index (χ2v) is 5.87. The minimum absolute atomic E-state index is 0.127. The molecule has 0 atom stereocenters. The number of urea groups is 1. The van der Waals surface area contributed by atoms with Crippen LogP contribution in [0.4, 0.5) is 16.2 Å². The molecule has 0 saturated carbocycles. The average molecular weight is 373 g/mol. The van der Waals surface area contributed by atoms with Crippen LogP contribution in [0.1, 0.15) is 15.9 Å². The van der Waals surface area contributed by atoms with Crippen molar-refractivity contribution in [1.29, 1.82) is 0 Å². The normalized spacial score (nSPS) is 10.5. The molecule has 0 saturated heterocycles. The fraction of sp³-hybridized carbons (Fsp3) is 0.0455. The van der Waals surface area contributed by atoms with Crippen molar-refractivity contribution in [2.45, 2.75) is 0 Å². The zero-order valence-electron chi connectivity index (χ0n) is 15.3. The van der Waals surface area contributed by atoms with Gasteiger partial charge in [0.15, 0.2) is 5.78 Å². The van der Waals surface area contributed by atoms with Crippen LogP contribution in [0.5, 0.6) is 5.75 Å². The van der Waals surface area contributed by atoms with E-state index >= 15 is 0 Å². The van der Waals surface area contributed by atoms with E-state index in [1.54, 1.807) is 74.1 Å². The summed E-state index contributed by atoms with van der Waals surface area (Å²) in [5, 5.41) is 5.45. The molecule has 2 amide bonds. The van der Waals surface area contributed by atoms with Gasteiger partial charge in [-0.15, -0.1) is 0 Å². The van der Waals surface area contributed by atoms with Crippen LogP contribution in [0.2, 0.25) is 0 Å². The number of nitrogens with one attached hydrogen (secondary N) is 2. The van der Waals surface area contributed by atoms with E-state index in [1.807, 2.05) is 12.1 Å². The first-order valence-electron chi connectivity index (χ1n) is 8.58. The highest BCUT2D eigenvalue weighted by atomic mass is 16.5. The highest BCUT2D eigenvalue weighted by Crippen LogP contribution is 2.16. The largest absolute Gasteiger partial charge is 0.497 e. The van der Waals surface area contributed by atoms with Crippen molar-refractivity contribution in [2.24, 2.45) is 0 Å². The van der Waals surface area contributed by atoms with Gasteiger partial charge < -0.3 is 15.4 Å². The number of hydrogen-bond donors (Lipinski definition) is 2. The van der Waals surface area contributed by atoms with Crippen molar-refractivity contribution >= 4 is 29.3 Å². The molecule has 0 fully saturated rings. The highest BCUT2D eigenvalue weighted by Gasteiger charge is 2.05. The number of allylic oxidation sites excluding steroid dienone is 1. The monoisotopic (exact) mass is 373 g/mol. The summed E-state index contributed by atoms with van der Waals surface area (Å²) in [6, 6.07) is 17.0. The third-order valence-electron chi connectivity index (χ3n) is 3.89. The molecule has 2 aromatic carbocycles. The summed E-state index contributed by atoms with van der Waals surface area (Å²) in [6.07, 6.45) is 6.56. The van der Waals surface area contributed by atoms with Crippen LogP contribution in [0.25, 0.3) is 6.08 Å². The van der Waals surface area contributed by atoms with E-state index in [1.165, 1.54) is 6.08 Å². The van der Waals surface area contributed by atoms with Crippen molar-refractivity contribution in [1.82, 2.24) is 4.98 Å². The van der Waals surface area contributed by atoms with E-state index in [-0.39, 0.29) is 11.8 Å². The quantitative estimate of drug-likeness (QED) is 0.488. The lowest BCUT2D eigenvalue weighted by Crippen LogP contribution is -2.19. The second-order valence-electron chi connectivity index (χ2n) is 5.87. The Balaban J connectivity index is 1.56. The van der Waals surface area contributed by atoms with E-state index in [2.05, 4.69) is 15.6 Å². The zero-order valence-corrected chi connectivity index (χ0v) is 15.3. The van der Waals surface area contributed by atoms with E-state index in [0.717, 1.165) is 5.56 Å². The topological polar surface area (TPSA) is 80.3 Å². The Labute approximate surface area is 162 Å². The van der Waals surface area contributed by atoms with Gasteiger partial charge in [0.25, 0.3) is 0 Å². The number of carbonyl (C=O) groups is 2. The molecule has 0 radical (unpaired) electrons. The molecular formula is C22H19N3O3. The maximum Gasteiger partial charge on any atom is 0.323 e. The Bertz CT molecular complexity index is 966. The number of benzene rings is 2. The number of pyridine rings is 1. The van der Waals surface area contributed by atoms with Gasteiger partial charge in [-0.3, -0.25) is 9.78 Å². The lowest BCUT2D eigenvalue weighted by atomic mass is 10.1. The Morgan fingerprint density at radius 3 is 2.14 bits per heavy atom. The number of anilines is 2. The predicted molar refractivity (Wildman–Crippen MR) is 110 cm³/mol. The predicted octanol–water partition coefficient (Wildman–Crippen LogP) is 4.63. The Kier molecular flexibility index (Phi) is 6.15. The van der Waals surface area contributed by atoms with Gasteiger partial charge in [0.05, 0.1) is 7.11 Å². The summed E-state index contributed by atoms with van der Waals surface area (Å²) in [6.45, 7) is 0. The molecule has 0 aliphatic rings. The molecule has 140 valence electrons. The van der Waals surface area contributed by atoms with E-state index < -0.39 is 0 Å². The van der Waals surface area contributed by atoms with Crippen molar-refractivity contribution in [3.05, 3.63) is 90.3 Å². The minimum Gasteiger partial charge on any atom is -0.497 e. The summed E-state index contributed by atoms with van der Waals surface area (Å²) < 4.78 is 5.08. The molecule has 6 nitrogen and oxygen atoms in total. The molecule has 28 heavy (non-hydrogen) atoms. The maximum absolute atomic E-state index is 12.2. The molecule has 3 aromatic rings. The second kappa shape index (κ2) is 9.14. The van der Waals surface area contributed by atoms with E-state index in [0.29, 0.717) is 22.7 Å². The summed E-state index contributed by atoms with van der Waals surface area (Å²) in [5.74, 6) is 0.585. The minimum atomic E-state index is -0.374. The molecule has 0 aliphatic carbocycles. The van der Waals surface area contributed by atoms with Crippen molar-refractivity contribution in [2.75, 3.05) is 17.7 Å². The molecule has 0 spiro atoms. The van der Waals surface area contributed by atoms with Crippen molar-refractivity contribution < 1.29 is 14.3 Å². The van der Waals surface area contributed by atoms with Crippen LogP contribution >= 0.6 is 0 Å². The fourth-order valence-corrected chi connectivity index (χ4v) is 2.43. The van der Waals surface area contributed by atoms with E-state index in [9.17, 15) is 9.59 Å². The van der Waals surface area contributed by atoms with Gasteiger partial charge in [-0.05, 0) is 72.3 Å². The molecule has 3 rings (SSSR count). The molecule has 0 unspecified atom stereocenters. The first-order valence-corrected chi connectivity index (χ1v) is 8.58. The number of hydrogen-bond acceptors (Lipinski definition) is 4. The number of ether oxygens (including phenoxy) is 1. The first kappa shape index (κ1) is 18.8. The van der Waals surface area contributed by atoms with Crippen LogP contribution < -0.4 is 15.4 Å². The van der Waals surface area contributed by atoms with Gasteiger partial charge in [-0.2, -0.15) is 0 Å². The van der Waals surface area contributed by atoms with Crippen LogP contribution in [-0.2, 0) is 0 Å². The van der Waals surface area contributed by atoms with Crippen molar-refractivity contribution in [3.63, 3.8) is 0 Å². The number of carbonyl (C=O) groups excluding carboxylic acids is 2.